The van der Waals surface area contributed by atoms with E-state index in [1.54, 1.807) is 12.1 Å². The topological polar surface area (TPSA) is 84.9 Å². The Bertz CT molecular complexity index is 770. The highest BCUT2D eigenvalue weighted by Crippen LogP contribution is 2.33. The lowest BCUT2D eigenvalue weighted by Gasteiger charge is -2.30. The van der Waals surface area contributed by atoms with Crippen molar-refractivity contribution in [2.45, 2.75) is 38.0 Å². The number of carbonyl (C=O) groups excluding carboxylic acids is 1. The number of ether oxygens (including phenoxy) is 2. The van der Waals surface area contributed by atoms with Crippen LogP contribution in [0.3, 0.4) is 0 Å². The van der Waals surface area contributed by atoms with Crippen molar-refractivity contribution in [2.24, 2.45) is 11.8 Å². The third kappa shape index (κ3) is 4.73. The van der Waals surface area contributed by atoms with E-state index in [0.717, 1.165) is 6.42 Å². The molecule has 0 unspecified atom stereocenters. The minimum atomic E-state index is -3.62. The van der Waals surface area contributed by atoms with Gasteiger partial charge in [0.2, 0.25) is 15.9 Å². The summed E-state index contributed by atoms with van der Waals surface area (Å²) >= 11 is 0. The maximum absolute atomic E-state index is 13.0. The van der Waals surface area contributed by atoms with Gasteiger partial charge in [0.1, 0.15) is 0 Å². The monoisotopic (exact) mass is 396 g/mol. The summed E-state index contributed by atoms with van der Waals surface area (Å²) in [6.07, 6.45) is 1.84. The number of carbonyl (C=O) groups is 1. The molecule has 1 fully saturated rings. The molecule has 3 rings (SSSR count). The van der Waals surface area contributed by atoms with Gasteiger partial charge < -0.3 is 14.8 Å². The minimum Gasteiger partial charge on any atom is -0.490 e. The molecule has 1 amide bonds. The van der Waals surface area contributed by atoms with Gasteiger partial charge in [-0.05, 0) is 30.9 Å². The van der Waals surface area contributed by atoms with Crippen LogP contribution in [0.5, 0.6) is 11.5 Å². The van der Waals surface area contributed by atoms with Crippen LogP contribution in [0.4, 0.5) is 0 Å². The molecule has 0 radical (unpaired) electrons. The Kier molecular flexibility index (Phi) is 6.26. The highest BCUT2D eigenvalue weighted by atomic mass is 32.2. The number of fused-ring (bicyclic) bond motifs is 1. The number of hydrogen-bond acceptors (Lipinski definition) is 5. The van der Waals surface area contributed by atoms with Crippen molar-refractivity contribution in [2.75, 3.05) is 32.8 Å². The number of nitrogens with one attached hydrogen (secondary N) is 1. The van der Waals surface area contributed by atoms with Crippen molar-refractivity contribution in [3.63, 3.8) is 0 Å². The molecule has 1 N–H and O–H groups in total. The zero-order chi connectivity index (χ0) is 19.4. The fourth-order valence-electron chi connectivity index (χ4n) is 3.26. The van der Waals surface area contributed by atoms with Crippen molar-refractivity contribution in [1.82, 2.24) is 9.62 Å². The van der Waals surface area contributed by atoms with Crippen LogP contribution in [-0.4, -0.2) is 51.5 Å². The molecule has 27 heavy (non-hydrogen) atoms. The van der Waals surface area contributed by atoms with Crippen molar-refractivity contribution >= 4 is 15.9 Å². The van der Waals surface area contributed by atoms with E-state index in [-0.39, 0.29) is 16.7 Å². The fourth-order valence-corrected chi connectivity index (χ4v) is 4.75. The number of nitrogens with zero attached hydrogens (tertiary/aromatic N) is 1. The number of piperidine rings is 1. The summed E-state index contributed by atoms with van der Waals surface area (Å²) in [6, 6.07) is 4.75. The largest absolute Gasteiger partial charge is 0.490 e. The smallest absolute Gasteiger partial charge is 0.243 e. The van der Waals surface area contributed by atoms with Crippen LogP contribution in [0.15, 0.2) is 23.1 Å². The van der Waals surface area contributed by atoms with Crippen LogP contribution in [0.25, 0.3) is 0 Å². The molecule has 0 spiro atoms. The molecular formula is C19H28N2O5S. The lowest BCUT2D eigenvalue weighted by molar-refractivity contribution is -0.126. The van der Waals surface area contributed by atoms with Gasteiger partial charge >= 0.3 is 0 Å². The number of rotatable bonds is 5. The summed E-state index contributed by atoms with van der Waals surface area (Å²) < 4.78 is 38.6. The summed E-state index contributed by atoms with van der Waals surface area (Å²) in [6.45, 7) is 6.50. The number of amides is 1. The standard InChI is InChI=1S/C19H28N2O5S/c1-14(2)13-20-19(22)15-6-8-21(9-7-15)27(23,24)16-4-5-17-18(12-16)26-11-3-10-25-17/h4-5,12,14-15H,3,6-11,13H2,1-2H3,(H,20,22). The number of hydrogen-bond donors (Lipinski definition) is 1. The van der Waals surface area contributed by atoms with Gasteiger partial charge in [0, 0.05) is 38.0 Å². The van der Waals surface area contributed by atoms with Gasteiger partial charge in [-0.25, -0.2) is 8.42 Å². The Balaban J connectivity index is 1.65. The summed E-state index contributed by atoms with van der Waals surface area (Å²) in [4.78, 5) is 12.4. The first-order chi connectivity index (χ1) is 12.9. The lowest BCUT2D eigenvalue weighted by atomic mass is 9.97. The van der Waals surface area contributed by atoms with E-state index < -0.39 is 10.0 Å². The Morgan fingerprint density at radius 3 is 2.52 bits per heavy atom. The molecular weight excluding hydrogens is 368 g/mol. The quantitative estimate of drug-likeness (QED) is 0.823. The molecule has 1 aromatic rings. The van der Waals surface area contributed by atoms with Gasteiger partial charge in [-0.2, -0.15) is 4.31 Å². The molecule has 8 heteroatoms. The first-order valence-electron chi connectivity index (χ1n) is 9.55. The van der Waals surface area contributed by atoms with Gasteiger partial charge in [-0.3, -0.25) is 4.79 Å². The maximum Gasteiger partial charge on any atom is 0.243 e. The molecule has 2 heterocycles. The van der Waals surface area contributed by atoms with Gasteiger partial charge in [-0.1, -0.05) is 13.8 Å². The van der Waals surface area contributed by atoms with Crippen molar-refractivity contribution in [3.8, 4) is 11.5 Å². The average molecular weight is 397 g/mol. The summed E-state index contributed by atoms with van der Waals surface area (Å²) in [7, 11) is -3.62. The average Bonchev–Trinajstić information content (AvgIpc) is 2.91. The van der Waals surface area contributed by atoms with E-state index >= 15 is 0 Å². The zero-order valence-electron chi connectivity index (χ0n) is 15.9. The van der Waals surface area contributed by atoms with Crippen LogP contribution in [0, 0.1) is 11.8 Å². The summed E-state index contributed by atoms with van der Waals surface area (Å²) in [5, 5.41) is 2.94. The molecule has 2 aliphatic heterocycles. The third-order valence-corrected chi connectivity index (χ3v) is 6.76. The third-order valence-electron chi connectivity index (χ3n) is 4.87. The van der Waals surface area contributed by atoms with Gasteiger partial charge in [-0.15, -0.1) is 0 Å². The van der Waals surface area contributed by atoms with E-state index in [0.29, 0.717) is 63.1 Å². The zero-order valence-corrected chi connectivity index (χ0v) is 16.8. The Hall–Kier alpha value is -1.80. The van der Waals surface area contributed by atoms with Crippen molar-refractivity contribution in [1.29, 1.82) is 0 Å². The minimum absolute atomic E-state index is 0.0244. The van der Waals surface area contributed by atoms with Crippen molar-refractivity contribution in [3.05, 3.63) is 18.2 Å². The van der Waals surface area contributed by atoms with Crippen LogP contribution < -0.4 is 14.8 Å². The van der Waals surface area contributed by atoms with Gasteiger partial charge in [0.05, 0.1) is 18.1 Å². The molecule has 0 atom stereocenters. The SMILES string of the molecule is CC(C)CNC(=O)C1CCN(S(=O)(=O)c2ccc3c(c2)OCCCO3)CC1. The van der Waals surface area contributed by atoms with E-state index in [1.165, 1.54) is 10.4 Å². The maximum atomic E-state index is 13.0. The van der Waals surface area contributed by atoms with Crippen LogP contribution in [0.2, 0.25) is 0 Å². The fraction of sp³-hybridized carbons (Fsp3) is 0.632. The number of benzene rings is 1. The molecule has 0 aliphatic carbocycles. The van der Waals surface area contributed by atoms with E-state index in [4.69, 9.17) is 9.47 Å². The van der Waals surface area contributed by atoms with E-state index in [1.807, 2.05) is 13.8 Å². The molecule has 7 nitrogen and oxygen atoms in total. The second kappa shape index (κ2) is 8.48. The molecule has 0 saturated carbocycles. The molecule has 0 bridgehead atoms. The van der Waals surface area contributed by atoms with E-state index in [9.17, 15) is 13.2 Å². The summed E-state index contributed by atoms with van der Waals surface area (Å²) in [5.41, 5.74) is 0. The van der Waals surface area contributed by atoms with Crippen molar-refractivity contribution < 1.29 is 22.7 Å². The molecule has 2 aliphatic rings. The molecule has 0 aromatic heterocycles. The molecule has 1 saturated heterocycles. The Labute approximate surface area is 161 Å². The van der Waals surface area contributed by atoms with Gasteiger partial charge in [0.25, 0.3) is 0 Å². The predicted octanol–water partition coefficient (Wildman–Crippen LogP) is 2.02. The van der Waals surface area contributed by atoms with E-state index in [2.05, 4.69) is 5.32 Å². The lowest BCUT2D eigenvalue weighted by Crippen LogP contribution is -2.43. The Morgan fingerprint density at radius 1 is 1.19 bits per heavy atom. The normalized spacial score (nSPS) is 18.9. The molecule has 1 aromatic carbocycles. The number of sulfonamides is 1. The second-order valence-electron chi connectivity index (χ2n) is 7.48. The first kappa shape index (κ1) is 19.9. The first-order valence-corrected chi connectivity index (χ1v) is 11.0. The van der Waals surface area contributed by atoms with Crippen LogP contribution in [0.1, 0.15) is 33.1 Å². The second-order valence-corrected chi connectivity index (χ2v) is 9.41. The summed E-state index contributed by atoms with van der Waals surface area (Å²) in [5.74, 6) is 1.34. The Morgan fingerprint density at radius 2 is 1.85 bits per heavy atom. The van der Waals surface area contributed by atoms with Crippen LogP contribution >= 0.6 is 0 Å². The molecule has 150 valence electrons. The highest BCUT2D eigenvalue weighted by molar-refractivity contribution is 7.89. The van der Waals surface area contributed by atoms with Crippen LogP contribution in [-0.2, 0) is 14.8 Å². The highest BCUT2D eigenvalue weighted by Gasteiger charge is 2.32. The predicted molar refractivity (Wildman–Crippen MR) is 101 cm³/mol. The van der Waals surface area contributed by atoms with Gasteiger partial charge in [0.15, 0.2) is 11.5 Å².